The molecule has 0 fully saturated rings. The second-order valence-electron chi connectivity index (χ2n) is 8.81. The third kappa shape index (κ3) is 4.69. The van der Waals surface area contributed by atoms with E-state index in [0.717, 1.165) is 18.4 Å². The molecule has 0 radical (unpaired) electrons. The first-order valence-corrected chi connectivity index (χ1v) is 12.5. The predicted octanol–water partition coefficient (Wildman–Crippen LogP) is 5.72. The molecule has 0 aromatic heterocycles. The maximum atomic E-state index is 13.5. The summed E-state index contributed by atoms with van der Waals surface area (Å²) in [7, 11) is 4.50. The molecule has 2 aliphatic heterocycles. The van der Waals surface area contributed by atoms with Gasteiger partial charge in [-0.05, 0) is 54.4 Å². The number of benzene rings is 3. The van der Waals surface area contributed by atoms with E-state index in [0.29, 0.717) is 63.4 Å². The summed E-state index contributed by atoms with van der Waals surface area (Å²) in [5.74, 6) is 3.13. The van der Waals surface area contributed by atoms with Crippen LogP contribution in [0.15, 0.2) is 60.2 Å². The van der Waals surface area contributed by atoms with Gasteiger partial charge in [-0.15, -0.1) is 0 Å². The average Bonchev–Trinajstić information content (AvgIpc) is 3.43. The van der Waals surface area contributed by atoms with E-state index in [4.69, 9.17) is 33.2 Å². The lowest BCUT2D eigenvalue weighted by Crippen LogP contribution is -2.24. The molecule has 2 heterocycles. The van der Waals surface area contributed by atoms with Crippen LogP contribution < -0.4 is 28.4 Å². The Morgan fingerprint density at radius 3 is 2.45 bits per heavy atom. The van der Waals surface area contributed by atoms with Crippen LogP contribution in [-0.2, 0) is 9.53 Å². The highest BCUT2D eigenvalue weighted by Crippen LogP contribution is 2.49. The topological polar surface area (TPSA) is 81.7 Å². The van der Waals surface area contributed by atoms with E-state index in [1.807, 2.05) is 42.5 Å². The minimum absolute atomic E-state index is 0.141. The fourth-order valence-electron chi connectivity index (χ4n) is 4.63. The number of carbonyl (C=O) groups is 1. The first-order chi connectivity index (χ1) is 18.6. The van der Waals surface area contributed by atoms with Crippen molar-refractivity contribution in [1.29, 1.82) is 0 Å². The lowest BCUT2D eigenvalue weighted by molar-refractivity contribution is -0.137. The van der Waals surface area contributed by atoms with Crippen molar-refractivity contribution in [2.45, 2.75) is 25.9 Å². The molecule has 8 heteroatoms. The fraction of sp³-hybridized carbons (Fsp3) is 0.300. The van der Waals surface area contributed by atoms with Crippen molar-refractivity contribution in [2.75, 3.05) is 34.7 Å². The van der Waals surface area contributed by atoms with Crippen LogP contribution >= 0.6 is 0 Å². The molecular formula is C30H30O8. The largest absolute Gasteiger partial charge is 0.497 e. The molecule has 3 aromatic rings. The van der Waals surface area contributed by atoms with Gasteiger partial charge in [0, 0.05) is 22.8 Å². The van der Waals surface area contributed by atoms with Crippen LogP contribution in [0.1, 0.15) is 42.6 Å². The van der Waals surface area contributed by atoms with Crippen molar-refractivity contribution in [3.8, 4) is 34.5 Å². The Hall–Kier alpha value is -4.33. The summed E-state index contributed by atoms with van der Waals surface area (Å²) < 4.78 is 40.0. The number of unbranched alkanes of at least 4 members (excludes halogenated alkanes) is 1. The highest BCUT2D eigenvalue weighted by molar-refractivity contribution is 6.05. The number of rotatable bonds is 9. The van der Waals surface area contributed by atoms with Gasteiger partial charge < -0.3 is 33.2 Å². The van der Waals surface area contributed by atoms with Crippen molar-refractivity contribution in [2.24, 2.45) is 0 Å². The van der Waals surface area contributed by atoms with Crippen LogP contribution in [0.25, 0.3) is 5.57 Å². The molecule has 1 unspecified atom stereocenters. The molecule has 0 bridgehead atoms. The van der Waals surface area contributed by atoms with Gasteiger partial charge >= 0.3 is 5.97 Å². The quantitative estimate of drug-likeness (QED) is 0.263. The third-order valence-electron chi connectivity index (χ3n) is 6.55. The summed E-state index contributed by atoms with van der Waals surface area (Å²) in [5, 5.41) is 0. The van der Waals surface area contributed by atoms with Crippen LogP contribution in [0.5, 0.6) is 34.5 Å². The Labute approximate surface area is 221 Å². The molecule has 0 saturated heterocycles. The molecule has 1 atom stereocenters. The minimum atomic E-state index is -0.817. The second kappa shape index (κ2) is 11.0. The van der Waals surface area contributed by atoms with Crippen LogP contribution in [0.4, 0.5) is 0 Å². The third-order valence-corrected chi connectivity index (χ3v) is 6.55. The Kier molecular flexibility index (Phi) is 7.31. The fourth-order valence-corrected chi connectivity index (χ4v) is 4.63. The van der Waals surface area contributed by atoms with Crippen LogP contribution in [0.3, 0.4) is 0 Å². The lowest BCUT2D eigenvalue weighted by atomic mass is 9.85. The van der Waals surface area contributed by atoms with Gasteiger partial charge in [-0.25, -0.2) is 4.79 Å². The van der Waals surface area contributed by atoms with Crippen molar-refractivity contribution < 1.29 is 38.0 Å². The Morgan fingerprint density at radius 2 is 1.68 bits per heavy atom. The van der Waals surface area contributed by atoms with Gasteiger partial charge in [0.25, 0.3) is 0 Å². The van der Waals surface area contributed by atoms with E-state index >= 15 is 0 Å². The molecule has 5 rings (SSSR count). The Bertz CT molecular complexity index is 1380. The zero-order valence-electron chi connectivity index (χ0n) is 21.9. The number of methoxy groups -OCH3 is 3. The van der Waals surface area contributed by atoms with Gasteiger partial charge in [0.2, 0.25) is 6.79 Å². The van der Waals surface area contributed by atoms with Crippen molar-refractivity contribution in [3.63, 3.8) is 0 Å². The van der Waals surface area contributed by atoms with Crippen molar-refractivity contribution in [1.82, 2.24) is 0 Å². The molecule has 0 spiro atoms. The highest BCUT2D eigenvalue weighted by atomic mass is 16.7. The molecule has 3 aromatic carbocycles. The minimum Gasteiger partial charge on any atom is -0.497 e. The number of fused-ring (bicyclic) bond motifs is 2. The summed E-state index contributed by atoms with van der Waals surface area (Å²) in [6, 6.07) is 16.6. The molecule has 0 amide bonds. The van der Waals surface area contributed by atoms with Gasteiger partial charge in [-0.2, -0.15) is 0 Å². The van der Waals surface area contributed by atoms with Crippen LogP contribution in [0.2, 0.25) is 0 Å². The summed E-state index contributed by atoms with van der Waals surface area (Å²) >= 11 is 0. The summed E-state index contributed by atoms with van der Waals surface area (Å²) in [6.07, 6.45) is 1.14. The SMILES string of the molecule is CCCCOc1ccc2c(c1)C(c1ccc3c(c1)OCO3)=C(C(=O)OC)C(c1ccc(OC)cc1OC)O2. The maximum absolute atomic E-state index is 13.5. The number of hydrogen-bond donors (Lipinski definition) is 0. The van der Waals surface area contributed by atoms with Crippen LogP contribution in [0, 0.1) is 0 Å². The molecule has 0 saturated carbocycles. The number of hydrogen-bond acceptors (Lipinski definition) is 8. The van der Waals surface area contributed by atoms with E-state index in [9.17, 15) is 4.79 Å². The molecular weight excluding hydrogens is 488 g/mol. The number of esters is 1. The molecule has 0 aliphatic carbocycles. The normalized spacial score (nSPS) is 15.4. The number of carbonyl (C=O) groups excluding carboxylic acids is 1. The first-order valence-electron chi connectivity index (χ1n) is 12.5. The smallest absolute Gasteiger partial charge is 0.338 e. The molecule has 38 heavy (non-hydrogen) atoms. The maximum Gasteiger partial charge on any atom is 0.338 e. The van der Waals surface area contributed by atoms with Crippen molar-refractivity contribution >= 4 is 11.5 Å². The first kappa shape index (κ1) is 25.3. The molecule has 2 aliphatic rings. The summed E-state index contributed by atoms with van der Waals surface area (Å²) in [4.78, 5) is 13.5. The van der Waals surface area contributed by atoms with Crippen LogP contribution in [-0.4, -0.2) is 40.7 Å². The predicted molar refractivity (Wildman–Crippen MR) is 140 cm³/mol. The zero-order chi connectivity index (χ0) is 26.6. The Balaban J connectivity index is 1.74. The standard InChI is InChI=1S/C30H30O8/c1-5-6-13-35-20-9-12-23-22(15-20)27(18-7-11-24-26(14-18)37-17-36-24)28(30(31)34-4)29(38-23)21-10-8-19(32-2)16-25(21)33-3/h7-12,14-16,29H,5-6,13,17H2,1-4H3. The Morgan fingerprint density at radius 1 is 0.895 bits per heavy atom. The van der Waals surface area contributed by atoms with E-state index in [-0.39, 0.29) is 6.79 Å². The van der Waals surface area contributed by atoms with E-state index in [1.165, 1.54) is 7.11 Å². The summed E-state index contributed by atoms with van der Waals surface area (Å²) in [6.45, 7) is 2.85. The highest BCUT2D eigenvalue weighted by Gasteiger charge is 2.38. The summed E-state index contributed by atoms with van der Waals surface area (Å²) in [5.41, 5.74) is 3.10. The zero-order valence-corrected chi connectivity index (χ0v) is 21.9. The lowest BCUT2D eigenvalue weighted by Gasteiger charge is -2.31. The van der Waals surface area contributed by atoms with E-state index < -0.39 is 12.1 Å². The van der Waals surface area contributed by atoms with E-state index in [2.05, 4.69) is 6.92 Å². The van der Waals surface area contributed by atoms with Gasteiger partial charge in [-0.1, -0.05) is 19.4 Å². The van der Waals surface area contributed by atoms with Crippen molar-refractivity contribution in [3.05, 3.63) is 76.9 Å². The van der Waals surface area contributed by atoms with Gasteiger partial charge in [0.15, 0.2) is 17.6 Å². The van der Waals surface area contributed by atoms with E-state index in [1.54, 1.807) is 26.4 Å². The van der Waals surface area contributed by atoms with Gasteiger partial charge in [-0.3, -0.25) is 0 Å². The average molecular weight is 519 g/mol. The van der Waals surface area contributed by atoms with Gasteiger partial charge in [0.1, 0.15) is 23.0 Å². The molecule has 8 nitrogen and oxygen atoms in total. The molecule has 198 valence electrons. The molecule has 0 N–H and O–H groups in total. The van der Waals surface area contributed by atoms with Gasteiger partial charge in [0.05, 0.1) is 33.5 Å². The number of ether oxygens (including phenoxy) is 7. The monoisotopic (exact) mass is 518 g/mol. The second-order valence-corrected chi connectivity index (χ2v) is 8.81.